The Hall–Kier alpha value is -0.870. The standard InChI is InChI=1S/C10H17N3O/c14-9-10-3-1-5-12(10)7-8-13-6-2-4-11-13/h2,4,6,10,14H,1,3,5,7-9H2/t10-/m0/s1. The average molecular weight is 195 g/mol. The van der Waals surface area contributed by atoms with Crippen molar-refractivity contribution in [1.82, 2.24) is 14.7 Å². The molecule has 4 nitrogen and oxygen atoms in total. The van der Waals surface area contributed by atoms with Crippen LogP contribution in [0.3, 0.4) is 0 Å². The van der Waals surface area contributed by atoms with Gasteiger partial charge in [-0.1, -0.05) is 0 Å². The zero-order valence-electron chi connectivity index (χ0n) is 8.34. The molecule has 1 saturated heterocycles. The molecule has 0 radical (unpaired) electrons. The quantitative estimate of drug-likeness (QED) is 0.753. The molecule has 2 rings (SSSR count). The van der Waals surface area contributed by atoms with Gasteiger partial charge in [0, 0.05) is 25.0 Å². The molecule has 0 amide bonds. The second-order valence-electron chi connectivity index (χ2n) is 3.78. The summed E-state index contributed by atoms with van der Waals surface area (Å²) in [6.07, 6.45) is 6.12. The highest BCUT2D eigenvalue weighted by atomic mass is 16.3. The Morgan fingerprint density at radius 1 is 1.43 bits per heavy atom. The Labute approximate surface area is 84.1 Å². The van der Waals surface area contributed by atoms with Crippen molar-refractivity contribution < 1.29 is 5.11 Å². The maximum absolute atomic E-state index is 9.13. The Bertz CT molecular complexity index is 260. The second kappa shape index (κ2) is 4.57. The van der Waals surface area contributed by atoms with Crippen LogP contribution in [-0.2, 0) is 6.54 Å². The first-order valence-corrected chi connectivity index (χ1v) is 5.22. The Morgan fingerprint density at radius 3 is 3.07 bits per heavy atom. The molecule has 1 aromatic rings. The van der Waals surface area contributed by atoms with E-state index in [0.717, 1.165) is 26.1 Å². The summed E-state index contributed by atoms with van der Waals surface area (Å²) in [6, 6.07) is 2.32. The maximum atomic E-state index is 9.13. The molecule has 0 saturated carbocycles. The van der Waals surface area contributed by atoms with Crippen LogP contribution in [-0.4, -0.2) is 45.5 Å². The summed E-state index contributed by atoms with van der Waals surface area (Å²) < 4.78 is 1.94. The summed E-state index contributed by atoms with van der Waals surface area (Å²) in [5.74, 6) is 0. The van der Waals surface area contributed by atoms with Crippen molar-refractivity contribution in [3.63, 3.8) is 0 Å². The number of aromatic nitrogens is 2. The molecule has 2 heterocycles. The van der Waals surface area contributed by atoms with Gasteiger partial charge in [0.25, 0.3) is 0 Å². The minimum atomic E-state index is 0.291. The zero-order chi connectivity index (χ0) is 9.80. The summed E-state index contributed by atoms with van der Waals surface area (Å²) in [5, 5.41) is 13.3. The predicted molar refractivity (Wildman–Crippen MR) is 53.9 cm³/mol. The summed E-state index contributed by atoms with van der Waals surface area (Å²) in [5.41, 5.74) is 0. The van der Waals surface area contributed by atoms with Gasteiger partial charge in [0.05, 0.1) is 13.2 Å². The summed E-state index contributed by atoms with van der Waals surface area (Å²) in [6.45, 7) is 3.32. The molecule has 1 aliphatic rings. The summed E-state index contributed by atoms with van der Waals surface area (Å²) in [7, 11) is 0. The number of nitrogens with zero attached hydrogens (tertiary/aromatic N) is 3. The van der Waals surface area contributed by atoms with Crippen molar-refractivity contribution in [2.75, 3.05) is 19.7 Å². The molecule has 0 spiro atoms. The van der Waals surface area contributed by atoms with Crippen LogP contribution in [0.2, 0.25) is 0 Å². The molecule has 0 unspecified atom stereocenters. The molecule has 0 bridgehead atoms. The van der Waals surface area contributed by atoms with Gasteiger partial charge >= 0.3 is 0 Å². The highest BCUT2D eigenvalue weighted by Crippen LogP contribution is 2.15. The van der Waals surface area contributed by atoms with Crippen LogP contribution in [0.4, 0.5) is 0 Å². The van der Waals surface area contributed by atoms with Crippen LogP contribution in [0.25, 0.3) is 0 Å². The largest absolute Gasteiger partial charge is 0.395 e. The van der Waals surface area contributed by atoms with Gasteiger partial charge in [0.1, 0.15) is 0 Å². The third kappa shape index (κ3) is 2.13. The predicted octanol–water partition coefficient (Wildman–Crippen LogP) is 0.340. The number of aliphatic hydroxyl groups is 1. The molecule has 1 aromatic heterocycles. The first-order chi connectivity index (χ1) is 6.90. The number of hydrogen-bond acceptors (Lipinski definition) is 3. The van der Waals surface area contributed by atoms with Crippen molar-refractivity contribution in [3.05, 3.63) is 18.5 Å². The molecule has 78 valence electrons. The molecule has 4 heteroatoms. The molecule has 14 heavy (non-hydrogen) atoms. The van der Waals surface area contributed by atoms with E-state index in [0.29, 0.717) is 12.6 Å². The van der Waals surface area contributed by atoms with Gasteiger partial charge in [-0.15, -0.1) is 0 Å². The van der Waals surface area contributed by atoms with E-state index in [-0.39, 0.29) is 0 Å². The lowest BCUT2D eigenvalue weighted by Crippen LogP contribution is -2.34. The molecule has 1 N–H and O–H groups in total. The van der Waals surface area contributed by atoms with Gasteiger partial charge in [0.2, 0.25) is 0 Å². The fourth-order valence-electron chi connectivity index (χ4n) is 2.06. The monoisotopic (exact) mass is 195 g/mol. The normalized spacial score (nSPS) is 23.1. The number of likely N-dealkylation sites (tertiary alicyclic amines) is 1. The van der Waals surface area contributed by atoms with Gasteiger partial charge in [-0.05, 0) is 25.5 Å². The topological polar surface area (TPSA) is 41.3 Å². The molecular weight excluding hydrogens is 178 g/mol. The van der Waals surface area contributed by atoms with E-state index in [1.807, 2.05) is 16.9 Å². The van der Waals surface area contributed by atoms with E-state index in [1.165, 1.54) is 6.42 Å². The molecule has 1 fully saturated rings. The van der Waals surface area contributed by atoms with Gasteiger partial charge in [0.15, 0.2) is 0 Å². The third-order valence-electron chi connectivity index (χ3n) is 2.89. The maximum Gasteiger partial charge on any atom is 0.0586 e. The Balaban J connectivity index is 1.80. The van der Waals surface area contributed by atoms with Crippen LogP contribution in [0.1, 0.15) is 12.8 Å². The first-order valence-electron chi connectivity index (χ1n) is 5.22. The number of rotatable bonds is 4. The van der Waals surface area contributed by atoms with Crippen LogP contribution in [0, 0.1) is 0 Å². The van der Waals surface area contributed by atoms with Crippen LogP contribution < -0.4 is 0 Å². The highest BCUT2D eigenvalue weighted by molar-refractivity contribution is 4.81. The minimum absolute atomic E-state index is 0.291. The Kier molecular flexibility index (Phi) is 3.16. The van der Waals surface area contributed by atoms with Crippen molar-refractivity contribution in [2.24, 2.45) is 0 Å². The third-order valence-corrected chi connectivity index (χ3v) is 2.89. The van der Waals surface area contributed by atoms with E-state index in [2.05, 4.69) is 10.00 Å². The molecule has 0 aliphatic carbocycles. The molecular formula is C10H17N3O. The van der Waals surface area contributed by atoms with E-state index in [9.17, 15) is 0 Å². The van der Waals surface area contributed by atoms with E-state index >= 15 is 0 Å². The van der Waals surface area contributed by atoms with E-state index < -0.39 is 0 Å². The molecule has 0 aromatic carbocycles. The molecule has 1 atom stereocenters. The lowest BCUT2D eigenvalue weighted by molar-refractivity contribution is 0.154. The van der Waals surface area contributed by atoms with Crippen molar-refractivity contribution in [3.8, 4) is 0 Å². The lowest BCUT2D eigenvalue weighted by atomic mass is 10.2. The smallest absolute Gasteiger partial charge is 0.0586 e. The zero-order valence-corrected chi connectivity index (χ0v) is 8.34. The SMILES string of the molecule is OC[C@@H]1CCCN1CCn1cccn1. The van der Waals surface area contributed by atoms with Crippen LogP contribution in [0.5, 0.6) is 0 Å². The average Bonchev–Trinajstić information content (AvgIpc) is 2.85. The number of hydrogen-bond donors (Lipinski definition) is 1. The fraction of sp³-hybridized carbons (Fsp3) is 0.700. The van der Waals surface area contributed by atoms with E-state index in [1.54, 1.807) is 6.20 Å². The van der Waals surface area contributed by atoms with Crippen LogP contribution >= 0.6 is 0 Å². The van der Waals surface area contributed by atoms with Crippen molar-refractivity contribution in [1.29, 1.82) is 0 Å². The van der Waals surface area contributed by atoms with Crippen LogP contribution in [0.15, 0.2) is 18.5 Å². The summed E-state index contributed by atoms with van der Waals surface area (Å²) >= 11 is 0. The Morgan fingerprint density at radius 2 is 2.36 bits per heavy atom. The van der Waals surface area contributed by atoms with E-state index in [4.69, 9.17) is 5.11 Å². The van der Waals surface area contributed by atoms with Gasteiger partial charge in [-0.25, -0.2) is 0 Å². The molecule has 1 aliphatic heterocycles. The number of aliphatic hydroxyl groups excluding tert-OH is 1. The van der Waals surface area contributed by atoms with Gasteiger partial charge in [-0.3, -0.25) is 9.58 Å². The second-order valence-corrected chi connectivity index (χ2v) is 3.78. The minimum Gasteiger partial charge on any atom is -0.395 e. The highest BCUT2D eigenvalue weighted by Gasteiger charge is 2.22. The van der Waals surface area contributed by atoms with Gasteiger partial charge < -0.3 is 5.11 Å². The van der Waals surface area contributed by atoms with Crippen molar-refractivity contribution >= 4 is 0 Å². The van der Waals surface area contributed by atoms with Gasteiger partial charge in [-0.2, -0.15) is 5.10 Å². The lowest BCUT2D eigenvalue weighted by Gasteiger charge is -2.22. The first kappa shape index (κ1) is 9.68. The van der Waals surface area contributed by atoms with Crippen molar-refractivity contribution in [2.45, 2.75) is 25.4 Å². The summed E-state index contributed by atoms with van der Waals surface area (Å²) in [4.78, 5) is 2.35. The fourth-order valence-corrected chi connectivity index (χ4v) is 2.06.